The Labute approximate surface area is 204 Å². The van der Waals surface area contributed by atoms with Crippen LogP contribution in [0.25, 0.3) is 0 Å². The maximum Gasteiger partial charge on any atom is 0.319 e. The number of carbonyl (C=O) groups is 2. The van der Waals surface area contributed by atoms with Crippen LogP contribution in [0.5, 0.6) is 0 Å². The third-order valence-electron chi connectivity index (χ3n) is 5.80. The predicted octanol–water partition coefficient (Wildman–Crippen LogP) is 3.54. The molecule has 0 aromatic heterocycles. The van der Waals surface area contributed by atoms with Crippen LogP contribution >= 0.6 is 0 Å². The van der Waals surface area contributed by atoms with Crippen molar-refractivity contribution in [2.75, 3.05) is 5.32 Å². The minimum Gasteiger partial charge on any atom is -0.369 e. The highest BCUT2D eigenvalue weighted by atomic mass is 16.2. The van der Waals surface area contributed by atoms with Gasteiger partial charge >= 0.3 is 6.03 Å². The van der Waals surface area contributed by atoms with E-state index in [0.29, 0.717) is 30.8 Å². The van der Waals surface area contributed by atoms with E-state index < -0.39 is 5.54 Å². The highest BCUT2D eigenvalue weighted by Gasteiger charge is 2.43. The van der Waals surface area contributed by atoms with Crippen LogP contribution in [-0.2, 0) is 24.3 Å². The van der Waals surface area contributed by atoms with Gasteiger partial charge in [-0.25, -0.2) is 9.79 Å². The highest BCUT2D eigenvalue weighted by molar-refractivity contribution is 6.06. The SMILES string of the molecule is CC1(Cc2ccccc2)N=C(N)N(Cc2ccc(CNC(=O)Nc3cccc(C#N)c3)cc2)C1=O. The first-order valence-electron chi connectivity index (χ1n) is 11.2. The molecule has 0 radical (unpaired) electrons. The van der Waals surface area contributed by atoms with Crippen molar-refractivity contribution in [2.24, 2.45) is 10.7 Å². The number of guanidine groups is 1. The van der Waals surface area contributed by atoms with Gasteiger partial charge in [-0.1, -0.05) is 60.7 Å². The molecule has 1 heterocycles. The molecule has 1 aliphatic heterocycles. The highest BCUT2D eigenvalue weighted by Crippen LogP contribution is 2.27. The first kappa shape index (κ1) is 23.5. The van der Waals surface area contributed by atoms with E-state index in [4.69, 9.17) is 11.0 Å². The molecule has 4 N–H and O–H groups in total. The number of amides is 3. The summed E-state index contributed by atoms with van der Waals surface area (Å²) >= 11 is 0. The van der Waals surface area contributed by atoms with Crippen molar-refractivity contribution in [1.29, 1.82) is 5.26 Å². The fraction of sp³-hybridized carbons (Fsp3) is 0.185. The fourth-order valence-corrected chi connectivity index (χ4v) is 3.99. The normalized spacial score (nSPS) is 17.0. The summed E-state index contributed by atoms with van der Waals surface area (Å²) in [5.74, 6) is 0.0954. The third kappa shape index (κ3) is 5.65. The molecule has 1 unspecified atom stereocenters. The zero-order chi connectivity index (χ0) is 24.8. The monoisotopic (exact) mass is 466 g/mol. The van der Waals surface area contributed by atoms with E-state index in [1.54, 1.807) is 24.3 Å². The Bertz CT molecular complexity index is 1300. The van der Waals surface area contributed by atoms with E-state index in [2.05, 4.69) is 15.6 Å². The summed E-state index contributed by atoms with van der Waals surface area (Å²) in [6.45, 7) is 2.46. The third-order valence-corrected chi connectivity index (χ3v) is 5.80. The molecular formula is C27H26N6O2. The summed E-state index contributed by atoms with van der Waals surface area (Å²) in [6.07, 6.45) is 0.483. The molecule has 176 valence electrons. The van der Waals surface area contributed by atoms with Crippen molar-refractivity contribution < 1.29 is 9.59 Å². The average molecular weight is 467 g/mol. The zero-order valence-electron chi connectivity index (χ0n) is 19.4. The van der Waals surface area contributed by atoms with E-state index in [9.17, 15) is 9.59 Å². The van der Waals surface area contributed by atoms with E-state index in [1.165, 1.54) is 4.90 Å². The number of urea groups is 1. The number of nitriles is 1. The molecule has 0 fully saturated rings. The summed E-state index contributed by atoms with van der Waals surface area (Å²) < 4.78 is 0. The molecule has 0 saturated heterocycles. The van der Waals surface area contributed by atoms with E-state index >= 15 is 0 Å². The zero-order valence-corrected chi connectivity index (χ0v) is 19.4. The van der Waals surface area contributed by atoms with Crippen molar-refractivity contribution in [3.05, 3.63) is 101 Å². The summed E-state index contributed by atoms with van der Waals surface area (Å²) in [4.78, 5) is 31.3. The number of nitrogens with one attached hydrogen (secondary N) is 2. The van der Waals surface area contributed by atoms with Gasteiger partial charge in [0, 0.05) is 18.7 Å². The first-order valence-corrected chi connectivity index (χ1v) is 11.2. The number of aliphatic imine (C=N–C) groups is 1. The van der Waals surface area contributed by atoms with Crippen molar-refractivity contribution >= 4 is 23.6 Å². The topological polar surface area (TPSA) is 124 Å². The molecular weight excluding hydrogens is 440 g/mol. The van der Waals surface area contributed by atoms with Gasteiger partial charge in [-0.15, -0.1) is 0 Å². The van der Waals surface area contributed by atoms with Crippen molar-refractivity contribution in [1.82, 2.24) is 10.2 Å². The minimum atomic E-state index is -0.921. The van der Waals surface area contributed by atoms with Crippen LogP contribution in [0.4, 0.5) is 10.5 Å². The Morgan fingerprint density at radius 1 is 1.03 bits per heavy atom. The van der Waals surface area contributed by atoms with Crippen LogP contribution in [0.2, 0.25) is 0 Å². The molecule has 0 spiro atoms. The Balaban J connectivity index is 1.32. The summed E-state index contributed by atoms with van der Waals surface area (Å²) in [7, 11) is 0. The fourth-order valence-electron chi connectivity index (χ4n) is 3.99. The molecule has 1 atom stereocenters. The number of benzene rings is 3. The van der Waals surface area contributed by atoms with Crippen molar-refractivity contribution in [3.63, 3.8) is 0 Å². The molecule has 1 aliphatic rings. The van der Waals surface area contributed by atoms with Crippen LogP contribution < -0.4 is 16.4 Å². The molecule has 0 saturated carbocycles. The molecule has 3 amide bonds. The van der Waals surface area contributed by atoms with Gasteiger partial charge in [0.05, 0.1) is 18.2 Å². The maximum absolute atomic E-state index is 13.1. The van der Waals surface area contributed by atoms with Crippen LogP contribution in [0.15, 0.2) is 83.9 Å². The van der Waals surface area contributed by atoms with Crippen LogP contribution in [0.1, 0.15) is 29.2 Å². The second-order valence-electron chi connectivity index (χ2n) is 8.61. The molecule has 0 aliphatic carbocycles. The van der Waals surface area contributed by atoms with Gasteiger partial charge in [0.2, 0.25) is 0 Å². The quantitative estimate of drug-likeness (QED) is 0.493. The Morgan fingerprint density at radius 3 is 2.46 bits per heavy atom. The van der Waals surface area contributed by atoms with Gasteiger partial charge in [0.15, 0.2) is 5.96 Å². The van der Waals surface area contributed by atoms with Crippen molar-refractivity contribution in [3.8, 4) is 6.07 Å². The molecule has 0 bridgehead atoms. The smallest absolute Gasteiger partial charge is 0.319 e. The lowest BCUT2D eigenvalue weighted by Crippen LogP contribution is -2.43. The van der Waals surface area contributed by atoms with E-state index in [1.807, 2.05) is 67.6 Å². The Kier molecular flexibility index (Phi) is 6.78. The van der Waals surface area contributed by atoms with Crippen LogP contribution in [0, 0.1) is 11.3 Å². The molecule has 35 heavy (non-hydrogen) atoms. The largest absolute Gasteiger partial charge is 0.369 e. The summed E-state index contributed by atoms with van der Waals surface area (Å²) in [6, 6.07) is 25.7. The standard InChI is InChI=1S/C27H26N6O2/c1-27(15-19-6-3-2-4-7-19)24(34)33(25(29)32-27)18-21-12-10-20(11-13-21)17-30-26(35)31-23-9-5-8-22(14-23)16-28/h2-14H,15,17-18H2,1H3,(H2,29,32)(H2,30,31,35). The number of hydrogen-bond donors (Lipinski definition) is 3. The molecule has 8 heteroatoms. The number of hydrogen-bond acceptors (Lipinski definition) is 5. The number of rotatable bonds is 7. The van der Waals surface area contributed by atoms with E-state index in [0.717, 1.165) is 16.7 Å². The van der Waals surface area contributed by atoms with Gasteiger partial charge in [0.25, 0.3) is 5.91 Å². The molecule has 4 rings (SSSR count). The minimum absolute atomic E-state index is 0.123. The Hall–Kier alpha value is -4.64. The number of nitrogens with zero attached hydrogens (tertiary/aromatic N) is 3. The molecule has 3 aromatic carbocycles. The lowest BCUT2D eigenvalue weighted by atomic mass is 9.93. The lowest BCUT2D eigenvalue weighted by molar-refractivity contribution is -0.131. The average Bonchev–Trinajstić information content (AvgIpc) is 3.07. The second kappa shape index (κ2) is 10.1. The van der Waals surface area contributed by atoms with Gasteiger partial charge in [-0.3, -0.25) is 9.69 Å². The van der Waals surface area contributed by atoms with E-state index in [-0.39, 0.29) is 17.9 Å². The summed E-state index contributed by atoms with van der Waals surface area (Å²) in [5, 5.41) is 14.5. The van der Waals surface area contributed by atoms with Gasteiger partial charge in [-0.05, 0) is 41.8 Å². The van der Waals surface area contributed by atoms with Gasteiger partial charge < -0.3 is 16.4 Å². The number of carbonyl (C=O) groups excluding carboxylic acids is 2. The molecule has 8 nitrogen and oxygen atoms in total. The maximum atomic E-state index is 13.1. The molecule has 3 aromatic rings. The predicted molar refractivity (Wildman–Crippen MR) is 134 cm³/mol. The number of anilines is 1. The Morgan fingerprint density at radius 2 is 1.74 bits per heavy atom. The van der Waals surface area contributed by atoms with Crippen LogP contribution in [0.3, 0.4) is 0 Å². The van der Waals surface area contributed by atoms with Gasteiger partial charge in [-0.2, -0.15) is 5.26 Å². The summed E-state index contributed by atoms with van der Waals surface area (Å²) in [5.41, 5.74) is 9.05. The first-order chi connectivity index (χ1) is 16.9. The lowest BCUT2D eigenvalue weighted by Gasteiger charge is -2.22. The van der Waals surface area contributed by atoms with Gasteiger partial charge in [0.1, 0.15) is 5.54 Å². The second-order valence-corrected chi connectivity index (χ2v) is 8.61. The number of nitrogens with two attached hydrogens (primary N) is 1. The van der Waals surface area contributed by atoms with Crippen molar-refractivity contribution in [2.45, 2.75) is 32.0 Å². The van der Waals surface area contributed by atoms with Crippen LogP contribution in [-0.4, -0.2) is 28.3 Å².